The largest absolute Gasteiger partial charge is 0.379 e. The molecule has 0 aliphatic carbocycles. The lowest BCUT2D eigenvalue weighted by atomic mass is 10.1. The van der Waals surface area contributed by atoms with Crippen LogP contribution in [0.1, 0.15) is 25.3 Å². The zero-order valence-corrected chi connectivity index (χ0v) is 13.4. The highest BCUT2D eigenvalue weighted by Crippen LogP contribution is 2.17. The summed E-state index contributed by atoms with van der Waals surface area (Å²) in [5.74, 6) is 0.397. The third-order valence-corrected chi connectivity index (χ3v) is 4.75. The van der Waals surface area contributed by atoms with Crippen molar-refractivity contribution in [2.24, 2.45) is 0 Å². The quantitative estimate of drug-likeness (QED) is 0.856. The summed E-state index contributed by atoms with van der Waals surface area (Å²) in [5, 5.41) is 0. The van der Waals surface area contributed by atoms with E-state index in [1.54, 1.807) is 6.20 Å². The van der Waals surface area contributed by atoms with Gasteiger partial charge in [-0.05, 0) is 17.5 Å². The summed E-state index contributed by atoms with van der Waals surface area (Å²) in [5.41, 5.74) is 1.55. The number of nitrogens with one attached hydrogen (secondary N) is 1. The van der Waals surface area contributed by atoms with Gasteiger partial charge in [-0.1, -0.05) is 13.8 Å². The van der Waals surface area contributed by atoms with Crippen LogP contribution in [0.25, 0.3) is 0 Å². The lowest BCUT2D eigenvalue weighted by Gasteiger charge is -2.26. The molecular formula is C14H23N3O3S. The Bertz CT molecular complexity index is 554. The Kier molecular flexibility index (Phi) is 5.55. The molecule has 1 aliphatic heterocycles. The van der Waals surface area contributed by atoms with Crippen molar-refractivity contribution in [3.8, 4) is 0 Å². The fraction of sp³-hybridized carbons (Fsp3) is 0.643. The van der Waals surface area contributed by atoms with Crippen LogP contribution in [-0.2, 0) is 14.8 Å². The number of hydrogen-bond donors (Lipinski definition) is 1. The first kappa shape index (κ1) is 16.2. The van der Waals surface area contributed by atoms with E-state index in [1.165, 1.54) is 6.20 Å². The van der Waals surface area contributed by atoms with Gasteiger partial charge in [0.15, 0.2) is 0 Å². The molecule has 0 spiro atoms. The van der Waals surface area contributed by atoms with E-state index in [4.69, 9.17) is 4.74 Å². The van der Waals surface area contributed by atoms with Gasteiger partial charge in [0.2, 0.25) is 10.0 Å². The maximum absolute atomic E-state index is 12.1. The van der Waals surface area contributed by atoms with Crippen LogP contribution in [0.15, 0.2) is 18.5 Å². The molecule has 118 valence electrons. The maximum Gasteiger partial charge on any atom is 0.234 e. The molecular weight excluding hydrogens is 290 g/mol. The first-order valence-corrected chi connectivity index (χ1v) is 8.87. The smallest absolute Gasteiger partial charge is 0.234 e. The monoisotopic (exact) mass is 313 g/mol. The topological polar surface area (TPSA) is 71.5 Å². The Balaban J connectivity index is 1.92. The third kappa shape index (κ3) is 5.26. The minimum Gasteiger partial charge on any atom is -0.379 e. The van der Waals surface area contributed by atoms with Gasteiger partial charge in [-0.15, -0.1) is 0 Å². The first-order chi connectivity index (χ1) is 9.96. The summed E-state index contributed by atoms with van der Waals surface area (Å²) in [6, 6.07) is 1.84. The molecule has 21 heavy (non-hydrogen) atoms. The van der Waals surface area contributed by atoms with Crippen molar-refractivity contribution in [3.05, 3.63) is 24.0 Å². The number of nitrogens with zero attached hydrogens (tertiary/aromatic N) is 2. The number of sulfonamides is 1. The average molecular weight is 313 g/mol. The van der Waals surface area contributed by atoms with Crippen molar-refractivity contribution in [2.75, 3.05) is 43.3 Å². The summed E-state index contributed by atoms with van der Waals surface area (Å²) in [7, 11) is -3.35. The van der Waals surface area contributed by atoms with Gasteiger partial charge < -0.3 is 4.74 Å². The summed E-state index contributed by atoms with van der Waals surface area (Å²) in [6.45, 7) is 7.55. The minimum absolute atomic E-state index is 0.0822. The molecule has 1 aromatic heterocycles. The Morgan fingerprint density at radius 1 is 1.33 bits per heavy atom. The number of rotatable bonds is 6. The highest BCUT2D eigenvalue weighted by Gasteiger charge is 2.16. The normalized spacial score (nSPS) is 17.1. The SMILES string of the molecule is CC(C)c1cncc(NS(=O)(=O)CCN2CCOCC2)c1. The van der Waals surface area contributed by atoms with Crippen LogP contribution in [0, 0.1) is 0 Å². The summed E-state index contributed by atoms with van der Waals surface area (Å²) >= 11 is 0. The molecule has 0 bridgehead atoms. The molecule has 6 nitrogen and oxygen atoms in total. The first-order valence-electron chi connectivity index (χ1n) is 7.22. The van der Waals surface area contributed by atoms with Gasteiger partial charge in [0, 0.05) is 25.8 Å². The predicted octanol–water partition coefficient (Wildman–Crippen LogP) is 1.28. The number of ether oxygens (including phenoxy) is 1. The number of morpholine rings is 1. The second-order valence-corrected chi connectivity index (χ2v) is 7.38. The van der Waals surface area contributed by atoms with E-state index < -0.39 is 10.0 Å². The van der Waals surface area contributed by atoms with Gasteiger partial charge >= 0.3 is 0 Å². The molecule has 1 N–H and O–H groups in total. The van der Waals surface area contributed by atoms with Crippen LogP contribution >= 0.6 is 0 Å². The molecule has 1 aliphatic rings. The van der Waals surface area contributed by atoms with E-state index in [0.29, 0.717) is 31.4 Å². The second-order valence-electron chi connectivity index (χ2n) is 5.54. The molecule has 0 amide bonds. The Morgan fingerprint density at radius 2 is 2.05 bits per heavy atom. The summed E-state index contributed by atoms with van der Waals surface area (Å²) < 4.78 is 32.1. The Morgan fingerprint density at radius 3 is 2.71 bits per heavy atom. The highest BCUT2D eigenvalue weighted by molar-refractivity contribution is 7.92. The van der Waals surface area contributed by atoms with E-state index >= 15 is 0 Å². The number of anilines is 1. The number of aromatic nitrogens is 1. The van der Waals surface area contributed by atoms with E-state index in [0.717, 1.165) is 18.7 Å². The zero-order valence-electron chi connectivity index (χ0n) is 12.6. The fourth-order valence-corrected chi connectivity index (χ4v) is 3.21. The minimum atomic E-state index is -3.35. The van der Waals surface area contributed by atoms with Crippen LogP contribution in [0.5, 0.6) is 0 Å². The van der Waals surface area contributed by atoms with Crippen LogP contribution in [0.4, 0.5) is 5.69 Å². The molecule has 0 radical (unpaired) electrons. The van der Waals surface area contributed by atoms with E-state index in [1.807, 2.05) is 19.9 Å². The second kappa shape index (κ2) is 7.20. The zero-order chi connectivity index (χ0) is 15.3. The highest BCUT2D eigenvalue weighted by atomic mass is 32.2. The van der Waals surface area contributed by atoms with Crippen molar-refractivity contribution in [2.45, 2.75) is 19.8 Å². The summed E-state index contributed by atoms with van der Waals surface area (Å²) in [4.78, 5) is 6.19. The standard InChI is InChI=1S/C14H23N3O3S/c1-12(2)13-9-14(11-15-10-13)16-21(18,19)8-5-17-3-6-20-7-4-17/h9-12,16H,3-8H2,1-2H3. The molecule has 1 fully saturated rings. The van der Waals surface area contributed by atoms with Crippen LogP contribution in [0.3, 0.4) is 0 Å². The molecule has 1 aromatic rings. The van der Waals surface area contributed by atoms with E-state index in [-0.39, 0.29) is 5.75 Å². The van der Waals surface area contributed by atoms with Crippen molar-refractivity contribution in [3.63, 3.8) is 0 Å². The molecule has 7 heteroatoms. The molecule has 0 unspecified atom stereocenters. The Labute approximate surface area is 126 Å². The molecule has 0 aromatic carbocycles. The van der Waals surface area contributed by atoms with Crippen molar-refractivity contribution in [1.82, 2.24) is 9.88 Å². The summed E-state index contributed by atoms with van der Waals surface area (Å²) in [6.07, 6.45) is 3.30. The van der Waals surface area contributed by atoms with Crippen molar-refractivity contribution < 1.29 is 13.2 Å². The average Bonchev–Trinajstić information content (AvgIpc) is 2.46. The van der Waals surface area contributed by atoms with Crippen LogP contribution < -0.4 is 4.72 Å². The van der Waals surface area contributed by atoms with Gasteiger partial charge in [0.1, 0.15) is 0 Å². The fourth-order valence-electron chi connectivity index (χ4n) is 2.13. The van der Waals surface area contributed by atoms with Gasteiger partial charge in [-0.2, -0.15) is 0 Å². The third-order valence-electron chi connectivity index (χ3n) is 3.48. The van der Waals surface area contributed by atoms with Gasteiger partial charge in [0.05, 0.1) is 30.9 Å². The predicted molar refractivity (Wildman–Crippen MR) is 83.0 cm³/mol. The van der Waals surface area contributed by atoms with E-state index in [2.05, 4.69) is 14.6 Å². The van der Waals surface area contributed by atoms with Gasteiger partial charge in [-0.25, -0.2) is 8.42 Å². The number of hydrogen-bond acceptors (Lipinski definition) is 5. The van der Waals surface area contributed by atoms with Gasteiger partial charge in [-0.3, -0.25) is 14.6 Å². The molecule has 2 heterocycles. The Hall–Kier alpha value is -1.18. The maximum atomic E-state index is 12.1. The van der Waals surface area contributed by atoms with Gasteiger partial charge in [0.25, 0.3) is 0 Å². The molecule has 2 rings (SSSR count). The van der Waals surface area contributed by atoms with Crippen LogP contribution in [-0.4, -0.2) is 56.9 Å². The van der Waals surface area contributed by atoms with Crippen LogP contribution in [0.2, 0.25) is 0 Å². The lowest BCUT2D eigenvalue weighted by molar-refractivity contribution is 0.0408. The van der Waals surface area contributed by atoms with E-state index in [9.17, 15) is 8.42 Å². The number of pyridine rings is 1. The van der Waals surface area contributed by atoms with Crippen molar-refractivity contribution >= 4 is 15.7 Å². The van der Waals surface area contributed by atoms with Crippen molar-refractivity contribution in [1.29, 1.82) is 0 Å². The molecule has 0 atom stereocenters. The molecule has 1 saturated heterocycles. The lowest BCUT2D eigenvalue weighted by Crippen LogP contribution is -2.39. The molecule has 0 saturated carbocycles.